The second-order valence-corrected chi connectivity index (χ2v) is 6.37. The van der Waals surface area contributed by atoms with Crippen LogP contribution in [-0.4, -0.2) is 23.9 Å². The first-order valence-corrected chi connectivity index (χ1v) is 8.59. The Morgan fingerprint density at radius 1 is 1.19 bits per heavy atom. The number of nitrogens with one attached hydrogen (secondary N) is 1. The number of ether oxygens (including phenoxy) is 1. The van der Waals surface area contributed by atoms with E-state index in [1.54, 1.807) is 7.11 Å². The highest BCUT2D eigenvalue weighted by molar-refractivity contribution is 9.09. The maximum absolute atomic E-state index is 12.6. The fraction of sp³-hybridized carbons (Fsp3) is 0.471. The fourth-order valence-corrected chi connectivity index (χ4v) is 4.39. The van der Waals surface area contributed by atoms with Gasteiger partial charge in [-0.25, -0.2) is 0 Å². The van der Waals surface area contributed by atoms with Gasteiger partial charge < -0.3 is 10.1 Å². The fourth-order valence-electron chi connectivity index (χ4n) is 3.57. The number of methoxy groups -OCH3 is 1. The molecule has 1 aliphatic heterocycles. The third kappa shape index (κ3) is 2.50. The zero-order chi connectivity index (χ0) is 14.9. The molecule has 0 atom stereocenters. The Labute approximate surface area is 133 Å². The van der Waals surface area contributed by atoms with Crippen LogP contribution in [0.2, 0.25) is 0 Å². The van der Waals surface area contributed by atoms with Gasteiger partial charge in [0.25, 0.3) is 5.91 Å². The van der Waals surface area contributed by atoms with Crippen molar-refractivity contribution in [3.63, 3.8) is 0 Å². The summed E-state index contributed by atoms with van der Waals surface area (Å²) in [6, 6.07) is 7.76. The first kappa shape index (κ1) is 14.6. The molecule has 0 saturated heterocycles. The number of amides is 1. The minimum absolute atomic E-state index is 0.0662. The van der Waals surface area contributed by atoms with Crippen LogP contribution in [0.3, 0.4) is 0 Å². The molecule has 1 N–H and O–H groups in total. The molecular weight excluding hydrogens is 330 g/mol. The molecule has 1 spiro atoms. The van der Waals surface area contributed by atoms with E-state index in [1.165, 1.54) is 24.8 Å². The van der Waals surface area contributed by atoms with Crippen LogP contribution in [0.1, 0.15) is 37.7 Å². The van der Waals surface area contributed by atoms with Crippen molar-refractivity contribution in [1.82, 2.24) is 5.32 Å². The second-order valence-electron chi connectivity index (χ2n) is 5.81. The zero-order valence-electron chi connectivity index (χ0n) is 12.2. The van der Waals surface area contributed by atoms with E-state index in [9.17, 15) is 4.79 Å². The van der Waals surface area contributed by atoms with E-state index < -0.39 is 0 Å². The van der Waals surface area contributed by atoms with Crippen molar-refractivity contribution >= 4 is 27.4 Å². The summed E-state index contributed by atoms with van der Waals surface area (Å²) in [6.07, 6.45) is 5.75. The number of halogens is 1. The van der Waals surface area contributed by atoms with Gasteiger partial charge in [0.05, 0.1) is 12.6 Å². The monoisotopic (exact) mass is 349 g/mol. The van der Waals surface area contributed by atoms with E-state index in [-0.39, 0.29) is 11.4 Å². The number of hydrogen-bond acceptors (Lipinski definition) is 2. The van der Waals surface area contributed by atoms with Gasteiger partial charge in [-0.1, -0.05) is 47.3 Å². The Morgan fingerprint density at radius 2 is 1.86 bits per heavy atom. The van der Waals surface area contributed by atoms with Gasteiger partial charge in [-0.15, -0.1) is 0 Å². The third-order valence-corrected chi connectivity index (χ3v) is 5.24. The van der Waals surface area contributed by atoms with Crippen LogP contribution in [0, 0.1) is 0 Å². The van der Waals surface area contributed by atoms with Crippen molar-refractivity contribution < 1.29 is 9.53 Å². The standard InChI is InChI=1S/C17H20BrNO2/c1-21-13-7-5-12(6-8-13)15-14(11-18)17(19-16(15)20)9-3-2-4-10-17/h5-8H,2-4,9-11H2,1H3,(H,19,20). The summed E-state index contributed by atoms with van der Waals surface area (Å²) in [5, 5.41) is 4.02. The number of alkyl halides is 1. The molecule has 0 radical (unpaired) electrons. The van der Waals surface area contributed by atoms with Gasteiger partial charge in [-0.2, -0.15) is 0 Å². The number of rotatable bonds is 3. The van der Waals surface area contributed by atoms with Gasteiger partial charge in [-0.3, -0.25) is 4.79 Å². The molecule has 112 valence electrons. The van der Waals surface area contributed by atoms with E-state index in [0.717, 1.165) is 35.1 Å². The molecule has 1 saturated carbocycles. The maximum atomic E-state index is 12.6. The lowest BCUT2D eigenvalue weighted by atomic mass is 9.77. The van der Waals surface area contributed by atoms with Crippen LogP contribution in [-0.2, 0) is 4.79 Å². The topological polar surface area (TPSA) is 38.3 Å². The molecule has 0 unspecified atom stereocenters. The SMILES string of the molecule is COc1ccc(C2=C(CBr)C3(CCCCC3)NC2=O)cc1. The Hall–Kier alpha value is -1.29. The van der Waals surface area contributed by atoms with E-state index in [0.29, 0.717) is 0 Å². The Kier molecular flexibility index (Phi) is 4.07. The lowest BCUT2D eigenvalue weighted by Crippen LogP contribution is -2.46. The number of hydrogen-bond donors (Lipinski definition) is 1. The van der Waals surface area contributed by atoms with Gasteiger partial charge in [0.15, 0.2) is 0 Å². The van der Waals surface area contributed by atoms with Gasteiger partial charge in [0.2, 0.25) is 0 Å². The van der Waals surface area contributed by atoms with Crippen molar-refractivity contribution in [3.8, 4) is 5.75 Å². The molecule has 3 rings (SSSR count). The largest absolute Gasteiger partial charge is 0.497 e. The molecule has 1 fully saturated rings. The highest BCUT2D eigenvalue weighted by atomic mass is 79.9. The van der Waals surface area contributed by atoms with Crippen LogP contribution >= 0.6 is 15.9 Å². The van der Waals surface area contributed by atoms with Crippen molar-refractivity contribution in [1.29, 1.82) is 0 Å². The highest BCUT2D eigenvalue weighted by Crippen LogP contribution is 2.43. The average molecular weight is 350 g/mol. The van der Waals surface area contributed by atoms with E-state index in [1.807, 2.05) is 24.3 Å². The van der Waals surface area contributed by atoms with Crippen molar-refractivity contribution in [3.05, 3.63) is 35.4 Å². The molecule has 1 aliphatic carbocycles. The highest BCUT2D eigenvalue weighted by Gasteiger charge is 2.44. The molecule has 4 heteroatoms. The second kappa shape index (κ2) is 5.84. The van der Waals surface area contributed by atoms with Crippen LogP contribution in [0.5, 0.6) is 5.75 Å². The van der Waals surface area contributed by atoms with Crippen molar-refractivity contribution in [2.24, 2.45) is 0 Å². The molecule has 1 heterocycles. The lowest BCUT2D eigenvalue weighted by molar-refractivity contribution is -0.116. The van der Waals surface area contributed by atoms with Gasteiger partial charge in [0, 0.05) is 10.9 Å². The summed E-state index contributed by atoms with van der Waals surface area (Å²) < 4.78 is 5.20. The minimum Gasteiger partial charge on any atom is -0.497 e. The predicted octanol–water partition coefficient (Wildman–Crippen LogP) is 3.68. The van der Waals surface area contributed by atoms with Crippen LogP contribution in [0.25, 0.3) is 5.57 Å². The lowest BCUT2D eigenvalue weighted by Gasteiger charge is -2.35. The normalized spacial score (nSPS) is 20.8. The Bertz CT molecular complexity index is 571. The van der Waals surface area contributed by atoms with Gasteiger partial charge in [0.1, 0.15) is 5.75 Å². The predicted molar refractivity (Wildman–Crippen MR) is 87.7 cm³/mol. The zero-order valence-corrected chi connectivity index (χ0v) is 13.8. The molecular formula is C17H20BrNO2. The van der Waals surface area contributed by atoms with Gasteiger partial charge >= 0.3 is 0 Å². The number of benzene rings is 1. The molecule has 0 aromatic heterocycles. The number of carbonyl (C=O) groups excluding carboxylic acids is 1. The minimum atomic E-state index is -0.117. The van der Waals surface area contributed by atoms with Crippen LogP contribution < -0.4 is 10.1 Å². The van der Waals surface area contributed by atoms with Crippen LogP contribution in [0.4, 0.5) is 0 Å². The van der Waals surface area contributed by atoms with Crippen molar-refractivity contribution in [2.45, 2.75) is 37.6 Å². The maximum Gasteiger partial charge on any atom is 0.252 e. The van der Waals surface area contributed by atoms with E-state index >= 15 is 0 Å². The quantitative estimate of drug-likeness (QED) is 0.845. The van der Waals surface area contributed by atoms with Crippen LogP contribution in [0.15, 0.2) is 29.8 Å². The molecule has 21 heavy (non-hydrogen) atoms. The summed E-state index contributed by atoms with van der Waals surface area (Å²) in [5.74, 6) is 0.877. The third-order valence-electron chi connectivity index (χ3n) is 4.68. The Morgan fingerprint density at radius 3 is 2.43 bits per heavy atom. The summed E-state index contributed by atoms with van der Waals surface area (Å²) in [5.41, 5.74) is 2.92. The summed E-state index contributed by atoms with van der Waals surface area (Å²) in [6.45, 7) is 0. The summed E-state index contributed by atoms with van der Waals surface area (Å²) >= 11 is 3.61. The first-order valence-electron chi connectivity index (χ1n) is 7.47. The number of carbonyl (C=O) groups is 1. The summed E-state index contributed by atoms with van der Waals surface area (Å²) in [4.78, 5) is 12.6. The molecule has 0 bridgehead atoms. The molecule has 1 amide bonds. The summed E-state index contributed by atoms with van der Waals surface area (Å²) in [7, 11) is 1.65. The average Bonchev–Trinajstić information content (AvgIpc) is 2.79. The first-order chi connectivity index (χ1) is 10.2. The molecule has 3 nitrogen and oxygen atoms in total. The van der Waals surface area contributed by atoms with Crippen molar-refractivity contribution in [2.75, 3.05) is 12.4 Å². The molecule has 1 aromatic rings. The molecule has 1 aromatic carbocycles. The Balaban J connectivity index is 2.03. The smallest absolute Gasteiger partial charge is 0.252 e. The molecule has 2 aliphatic rings. The van der Waals surface area contributed by atoms with E-state index in [4.69, 9.17) is 4.74 Å². The van der Waals surface area contributed by atoms with E-state index in [2.05, 4.69) is 21.2 Å². The van der Waals surface area contributed by atoms with Gasteiger partial charge in [-0.05, 0) is 36.1 Å².